The molecule has 1 unspecified atom stereocenters. The molecule has 0 saturated heterocycles. The predicted molar refractivity (Wildman–Crippen MR) is 78.5 cm³/mol. The van der Waals surface area contributed by atoms with Crippen molar-refractivity contribution in [3.63, 3.8) is 0 Å². The summed E-state index contributed by atoms with van der Waals surface area (Å²) in [5, 5.41) is 6.19. The lowest BCUT2D eigenvalue weighted by molar-refractivity contribution is -0.122. The molecule has 3 nitrogen and oxygen atoms in total. The summed E-state index contributed by atoms with van der Waals surface area (Å²) in [6.07, 6.45) is 0.958. The van der Waals surface area contributed by atoms with Crippen molar-refractivity contribution in [1.82, 2.24) is 10.6 Å². The molecule has 2 atom stereocenters. The molecule has 18 heavy (non-hydrogen) atoms. The highest BCUT2D eigenvalue weighted by atomic mass is 79.9. The molecule has 4 heteroatoms. The lowest BCUT2D eigenvalue weighted by Gasteiger charge is -2.20. The van der Waals surface area contributed by atoms with E-state index in [0.717, 1.165) is 17.4 Å². The van der Waals surface area contributed by atoms with Gasteiger partial charge in [0.05, 0.1) is 6.04 Å². The third-order valence-corrected chi connectivity index (χ3v) is 3.28. The number of nitrogens with one attached hydrogen (secondary N) is 2. The van der Waals surface area contributed by atoms with Crippen LogP contribution in [0, 0.1) is 0 Å². The topological polar surface area (TPSA) is 41.1 Å². The third kappa shape index (κ3) is 4.78. The van der Waals surface area contributed by atoms with Crippen LogP contribution in [0.4, 0.5) is 0 Å². The minimum Gasteiger partial charge on any atom is -0.355 e. The monoisotopic (exact) mass is 312 g/mol. The predicted octanol–water partition coefficient (Wildman–Crippen LogP) is 3.01. The summed E-state index contributed by atoms with van der Waals surface area (Å²) in [6.45, 7) is 6.73. The fourth-order valence-electron chi connectivity index (χ4n) is 1.72. The Balaban J connectivity index is 2.53. The molecule has 2 N–H and O–H groups in total. The summed E-state index contributed by atoms with van der Waals surface area (Å²) in [5.74, 6) is 0.0543. The van der Waals surface area contributed by atoms with Crippen molar-refractivity contribution in [2.45, 2.75) is 39.3 Å². The molecular formula is C14H21BrN2O. The maximum absolute atomic E-state index is 11.8. The molecule has 1 aromatic carbocycles. The van der Waals surface area contributed by atoms with Crippen molar-refractivity contribution in [2.24, 2.45) is 0 Å². The standard InChI is InChI=1S/C14H21BrN2O/c1-4-8-16-14(18)11(3)17-10(2)12-6-5-7-13(15)9-12/h5-7,9-11,17H,4,8H2,1-3H3,(H,16,18)/t10-,11?/m0/s1. The first-order valence-electron chi connectivity index (χ1n) is 6.33. The van der Waals surface area contributed by atoms with E-state index in [1.807, 2.05) is 26.0 Å². The Bertz CT molecular complexity index is 395. The average Bonchev–Trinajstić information content (AvgIpc) is 2.35. The zero-order valence-corrected chi connectivity index (χ0v) is 12.8. The van der Waals surface area contributed by atoms with Gasteiger partial charge in [0.1, 0.15) is 0 Å². The minimum atomic E-state index is -0.189. The largest absolute Gasteiger partial charge is 0.355 e. The average molecular weight is 313 g/mol. The van der Waals surface area contributed by atoms with Gasteiger partial charge in [0.15, 0.2) is 0 Å². The highest BCUT2D eigenvalue weighted by molar-refractivity contribution is 9.10. The smallest absolute Gasteiger partial charge is 0.236 e. The van der Waals surface area contributed by atoms with Crippen LogP contribution in [0.2, 0.25) is 0 Å². The lowest BCUT2D eigenvalue weighted by atomic mass is 10.1. The van der Waals surface area contributed by atoms with Gasteiger partial charge >= 0.3 is 0 Å². The third-order valence-electron chi connectivity index (χ3n) is 2.79. The summed E-state index contributed by atoms with van der Waals surface area (Å²) < 4.78 is 1.05. The normalized spacial score (nSPS) is 14.0. The van der Waals surface area contributed by atoms with E-state index >= 15 is 0 Å². The van der Waals surface area contributed by atoms with Crippen molar-refractivity contribution in [1.29, 1.82) is 0 Å². The molecule has 1 amide bonds. The quantitative estimate of drug-likeness (QED) is 0.847. The Hall–Kier alpha value is -0.870. The maximum atomic E-state index is 11.8. The molecule has 0 aliphatic carbocycles. The van der Waals surface area contributed by atoms with Gasteiger partial charge in [-0.05, 0) is 38.0 Å². The number of hydrogen-bond donors (Lipinski definition) is 2. The van der Waals surface area contributed by atoms with Crippen LogP contribution in [-0.2, 0) is 4.79 Å². The van der Waals surface area contributed by atoms with Gasteiger partial charge in [-0.15, -0.1) is 0 Å². The van der Waals surface area contributed by atoms with E-state index in [0.29, 0.717) is 0 Å². The van der Waals surface area contributed by atoms with Gasteiger partial charge in [-0.1, -0.05) is 35.0 Å². The number of hydrogen-bond acceptors (Lipinski definition) is 2. The minimum absolute atomic E-state index is 0.0543. The van der Waals surface area contributed by atoms with Crippen LogP contribution in [0.3, 0.4) is 0 Å². The Morgan fingerprint density at radius 2 is 2.11 bits per heavy atom. The Labute approximate surface area is 117 Å². The van der Waals surface area contributed by atoms with Gasteiger partial charge in [-0.25, -0.2) is 0 Å². The molecule has 0 bridgehead atoms. The second-order valence-corrected chi connectivity index (χ2v) is 5.37. The van der Waals surface area contributed by atoms with Crippen LogP contribution in [0.15, 0.2) is 28.7 Å². The highest BCUT2D eigenvalue weighted by Gasteiger charge is 2.15. The van der Waals surface area contributed by atoms with E-state index < -0.39 is 0 Å². The van der Waals surface area contributed by atoms with Crippen LogP contribution in [-0.4, -0.2) is 18.5 Å². The van der Waals surface area contributed by atoms with Crippen molar-refractivity contribution < 1.29 is 4.79 Å². The number of rotatable bonds is 6. The first kappa shape index (κ1) is 15.2. The molecule has 1 rings (SSSR count). The maximum Gasteiger partial charge on any atom is 0.236 e. The first-order chi connectivity index (χ1) is 8.54. The summed E-state index contributed by atoms with van der Waals surface area (Å²) in [4.78, 5) is 11.8. The SMILES string of the molecule is CCCNC(=O)C(C)N[C@@H](C)c1cccc(Br)c1. The fraction of sp³-hybridized carbons (Fsp3) is 0.500. The second-order valence-electron chi connectivity index (χ2n) is 4.46. The summed E-state index contributed by atoms with van der Waals surface area (Å²) >= 11 is 3.45. The zero-order chi connectivity index (χ0) is 13.5. The van der Waals surface area contributed by atoms with E-state index in [1.165, 1.54) is 5.56 Å². The van der Waals surface area contributed by atoms with Gasteiger partial charge in [0.25, 0.3) is 0 Å². The number of halogens is 1. The molecule has 1 aromatic rings. The fourth-order valence-corrected chi connectivity index (χ4v) is 2.14. The van der Waals surface area contributed by atoms with Crippen molar-refractivity contribution >= 4 is 21.8 Å². The van der Waals surface area contributed by atoms with Gasteiger partial charge in [-0.3, -0.25) is 10.1 Å². The van der Waals surface area contributed by atoms with Crippen LogP contribution >= 0.6 is 15.9 Å². The number of carbonyl (C=O) groups excluding carboxylic acids is 1. The highest BCUT2D eigenvalue weighted by Crippen LogP contribution is 2.18. The van der Waals surface area contributed by atoms with Crippen LogP contribution in [0.5, 0.6) is 0 Å². The van der Waals surface area contributed by atoms with Crippen LogP contribution in [0.1, 0.15) is 38.8 Å². The summed E-state index contributed by atoms with van der Waals surface area (Å²) in [5.41, 5.74) is 1.17. The molecule has 0 saturated carbocycles. The van der Waals surface area contributed by atoms with Crippen LogP contribution < -0.4 is 10.6 Å². The van der Waals surface area contributed by atoms with E-state index in [2.05, 4.69) is 45.6 Å². The van der Waals surface area contributed by atoms with Gasteiger partial charge in [0.2, 0.25) is 5.91 Å². The van der Waals surface area contributed by atoms with E-state index in [1.54, 1.807) is 0 Å². The van der Waals surface area contributed by atoms with E-state index in [-0.39, 0.29) is 18.0 Å². The molecule has 0 fully saturated rings. The molecule has 0 aliphatic rings. The number of amides is 1. The zero-order valence-electron chi connectivity index (χ0n) is 11.2. The van der Waals surface area contributed by atoms with E-state index in [9.17, 15) is 4.79 Å². The van der Waals surface area contributed by atoms with E-state index in [4.69, 9.17) is 0 Å². The van der Waals surface area contributed by atoms with Crippen molar-refractivity contribution in [3.05, 3.63) is 34.3 Å². The Kier molecular flexibility index (Phi) is 6.36. The van der Waals surface area contributed by atoms with Gasteiger partial charge in [0, 0.05) is 17.1 Å². The molecule has 0 spiro atoms. The van der Waals surface area contributed by atoms with Crippen LogP contribution in [0.25, 0.3) is 0 Å². The number of carbonyl (C=O) groups is 1. The molecule has 0 heterocycles. The molecule has 0 radical (unpaired) electrons. The molecular weight excluding hydrogens is 292 g/mol. The molecule has 0 aromatic heterocycles. The Morgan fingerprint density at radius 3 is 2.72 bits per heavy atom. The first-order valence-corrected chi connectivity index (χ1v) is 7.13. The van der Waals surface area contributed by atoms with Crippen molar-refractivity contribution in [2.75, 3.05) is 6.54 Å². The Morgan fingerprint density at radius 1 is 1.39 bits per heavy atom. The van der Waals surface area contributed by atoms with Gasteiger partial charge in [-0.2, -0.15) is 0 Å². The molecule has 0 aliphatic heterocycles. The van der Waals surface area contributed by atoms with Crippen molar-refractivity contribution in [3.8, 4) is 0 Å². The molecule has 100 valence electrons. The summed E-state index contributed by atoms with van der Waals surface area (Å²) in [6, 6.07) is 8.07. The van der Waals surface area contributed by atoms with Gasteiger partial charge < -0.3 is 5.32 Å². The number of benzene rings is 1. The summed E-state index contributed by atoms with van der Waals surface area (Å²) in [7, 11) is 0. The second kappa shape index (κ2) is 7.54. The lowest BCUT2D eigenvalue weighted by Crippen LogP contribution is -2.43.